The SMILES string of the molecule is Cc1ccc(NC(=O)C2(c3ccc4c(c3)OC(F)(F)O4)CC2)nc1-c1ccc2[nH]ncc2c1.[HH]. The van der Waals surface area contributed by atoms with Crippen molar-refractivity contribution in [2.24, 2.45) is 0 Å². The lowest BCUT2D eigenvalue weighted by molar-refractivity contribution is -0.286. The van der Waals surface area contributed by atoms with Crippen molar-refractivity contribution in [2.75, 3.05) is 5.32 Å². The highest BCUT2D eigenvalue weighted by molar-refractivity contribution is 6.01. The third-order valence-corrected chi connectivity index (χ3v) is 6.19. The van der Waals surface area contributed by atoms with E-state index in [-0.39, 0.29) is 18.8 Å². The molecule has 0 unspecified atom stereocenters. The maximum absolute atomic E-state index is 13.4. The van der Waals surface area contributed by atoms with Crippen molar-refractivity contribution < 1.29 is 24.5 Å². The molecule has 0 bridgehead atoms. The second-order valence-electron chi connectivity index (χ2n) is 8.40. The lowest BCUT2D eigenvalue weighted by atomic mass is 9.94. The maximum atomic E-state index is 13.4. The summed E-state index contributed by atoms with van der Waals surface area (Å²) in [5.41, 5.74) is 3.37. The van der Waals surface area contributed by atoms with E-state index >= 15 is 0 Å². The number of aromatic amines is 1. The minimum atomic E-state index is -3.69. The molecule has 1 aliphatic carbocycles. The maximum Gasteiger partial charge on any atom is 0.586 e. The van der Waals surface area contributed by atoms with Gasteiger partial charge in [-0.1, -0.05) is 18.2 Å². The van der Waals surface area contributed by atoms with Gasteiger partial charge in [-0.25, -0.2) is 4.98 Å². The zero-order valence-electron chi connectivity index (χ0n) is 17.5. The van der Waals surface area contributed by atoms with Gasteiger partial charge in [0.25, 0.3) is 0 Å². The van der Waals surface area contributed by atoms with Gasteiger partial charge in [-0.15, -0.1) is 8.78 Å². The van der Waals surface area contributed by atoms with Gasteiger partial charge in [0.15, 0.2) is 11.5 Å². The fourth-order valence-corrected chi connectivity index (χ4v) is 4.24. The first kappa shape index (κ1) is 19.7. The molecule has 1 amide bonds. The van der Waals surface area contributed by atoms with Crippen molar-refractivity contribution in [1.82, 2.24) is 15.2 Å². The minimum Gasteiger partial charge on any atom is -0.395 e. The fraction of sp³-hybridized carbons (Fsp3) is 0.208. The summed E-state index contributed by atoms with van der Waals surface area (Å²) in [5.74, 6) is 0.0773. The van der Waals surface area contributed by atoms with Crippen molar-refractivity contribution >= 4 is 22.6 Å². The van der Waals surface area contributed by atoms with Crippen LogP contribution in [0.2, 0.25) is 0 Å². The Morgan fingerprint density at radius 2 is 1.91 bits per heavy atom. The topological polar surface area (TPSA) is 89.1 Å². The van der Waals surface area contributed by atoms with Crippen molar-refractivity contribution in [1.29, 1.82) is 0 Å². The number of hydrogen-bond donors (Lipinski definition) is 2. The first-order valence-electron chi connectivity index (χ1n) is 10.5. The third-order valence-electron chi connectivity index (χ3n) is 6.19. The van der Waals surface area contributed by atoms with Crippen LogP contribution in [-0.2, 0) is 10.2 Å². The number of anilines is 1. The molecule has 0 spiro atoms. The zero-order valence-corrected chi connectivity index (χ0v) is 17.5. The quantitative estimate of drug-likeness (QED) is 0.448. The van der Waals surface area contributed by atoms with Gasteiger partial charge < -0.3 is 14.8 Å². The summed E-state index contributed by atoms with van der Waals surface area (Å²) in [6.07, 6.45) is -0.741. The molecular weight excluding hydrogens is 430 g/mol. The first-order chi connectivity index (χ1) is 15.8. The van der Waals surface area contributed by atoms with Crippen molar-refractivity contribution in [2.45, 2.75) is 31.5 Å². The van der Waals surface area contributed by atoms with Crippen molar-refractivity contribution in [3.05, 3.63) is 65.9 Å². The minimum absolute atomic E-state index is 0. The number of carbonyl (C=O) groups is 1. The summed E-state index contributed by atoms with van der Waals surface area (Å²) in [7, 11) is 0. The molecule has 1 aliphatic heterocycles. The number of amides is 1. The van der Waals surface area contributed by atoms with Crippen LogP contribution in [0.5, 0.6) is 11.5 Å². The molecule has 6 rings (SSSR count). The summed E-state index contributed by atoms with van der Waals surface area (Å²) in [5, 5.41) is 10.8. The highest BCUT2D eigenvalue weighted by atomic mass is 19.3. The highest BCUT2D eigenvalue weighted by Gasteiger charge is 2.53. The largest absolute Gasteiger partial charge is 0.586 e. The van der Waals surface area contributed by atoms with E-state index in [0.717, 1.165) is 27.7 Å². The van der Waals surface area contributed by atoms with Gasteiger partial charge in [-0.2, -0.15) is 5.10 Å². The summed E-state index contributed by atoms with van der Waals surface area (Å²) >= 11 is 0. The van der Waals surface area contributed by atoms with Crippen LogP contribution in [-0.4, -0.2) is 27.4 Å². The molecule has 0 radical (unpaired) electrons. The standard InChI is InChI=1S/C24H18F2N4O3.H2/c1-13-2-7-20(28-21(13)14-3-5-17-15(10-14)12-27-30-17)29-22(31)23(8-9-23)16-4-6-18-19(11-16)33-24(25,26)32-18;/h2-7,10-12H,8-9H2,1H3,(H,27,30)(H,28,29,31);1H. The zero-order chi connectivity index (χ0) is 22.8. The highest BCUT2D eigenvalue weighted by Crippen LogP contribution is 2.52. The number of carbonyl (C=O) groups excluding carboxylic acids is 1. The molecule has 33 heavy (non-hydrogen) atoms. The average Bonchev–Trinajstić information content (AvgIpc) is 3.35. The van der Waals surface area contributed by atoms with E-state index in [4.69, 9.17) is 0 Å². The molecule has 168 valence electrons. The molecule has 0 saturated heterocycles. The van der Waals surface area contributed by atoms with Crippen LogP contribution < -0.4 is 14.8 Å². The van der Waals surface area contributed by atoms with Crippen LogP contribution in [0.4, 0.5) is 14.6 Å². The summed E-state index contributed by atoms with van der Waals surface area (Å²) in [4.78, 5) is 17.9. The predicted octanol–water partition coefficient (Wildman–Crippen LogP) is 5.17. The Morgan fingerprint density at radius 1 is 1.09 bits per heavy atom. The second kappa shape index (κ2) is 6.74. The molecule has 2 N–H and O–H groups in total. The van der Waals surface area contributed by atoms with E-state index in [9.17, 15) is 13.6 Å². The summed E-state index contributed by atoms with van der Waals surface area (Å²) in [6, 6.07) is 14.0. The Bertz CT molecular complexity index is 1440. The fourth-order valence-electron chi connectivity index (χ4n) is 4.24. The van der Waals surface area contributed by atoms with Gasteiger partial charge >= 0.3 is 6.29 Å². The van der Waals surface area contributed by atoms with Gasteiger partial charge in [0.1, 0.15) is 5.82 Å². The average molecular weight is 450 g/mol. The predicted molar refractivity (Wildman–Crippen MR) is 118 cm³/mol. The number of benzene rings is 2. The van der Waals surface area contributed by atoms with E-state index in [1.807, 2.05) is 31.2 Å². The third kappa shape index (κ3) is 3.27. The van der Waals surface area contributed by atoms with Crippen LogP contribution in [0.1, 0.15) is 25.4 Å². The number of H-pyrrole nitrogens is 1. The van der Waals surface area contributed by atoms with Crippen LogP contribution in [0.15, 0.2) is 54.7 Å². The molecule has 1 saturated carbocycles. The van der Waals surface area contributed by atoms with Crippen LogP contribution in [0, 0.1) is 6.92 Å². The molecule has 7 nitrogen and oxygen atoms in total. The van der Waals surface area contributed by atoms with E-state index in [1.54, 1.807) is 18.3 Å². The lowest BCUT2D eigenvalue weighted by Crippen LogP contribution is -2.28. The van der Waals surface area contributed by atoms with Gasteiger partial charge in [-0.3, -0.25) is 9.89 Å². The van der Waals surface area contributed by atoms with Gasteiger partial charge in [-0.05, 0) is 61.2 Å². The number of halogens is 2. The van der Waals surface area contributed by atoms with Gasteiger partial charge in [0.05, 0.1) is 22.8 Å². The number of nitrogens with one attached hydrogen (secondary N) is 2. The second-order valence-corrected chi connectivity index (χ2v) is 8.40. The summed E-state index contributed by atoms with van der Waals surface area (Å²) in [6.45, 7) is 1.96. The Morgan fingerprint density at radius 3 is 2.73 bits per heavy atom. The van der Waals surface area contributed by atoms with Crippen LogP contribution in [0.25, 0.3) is 22.2 Å². The summed E-state index contributed by atoms with van der Waals surface area (Å²) < 4.78 is 35.7. The Kier molecular flexibility index (Phi) is 4.02. The lowest BCUT2D eigenvalue weighted by Gasteiger charge is -2.17. The number of fused-ring (bicyclic) bond motifs is 2. The molecule has 9 heteroatoms. The van der Waals surface area contributed by atoms with E-state index in [0.29, 0.717) is 24.2 Å². The number of pyridine rings is 1. The number of ether oxygens (including phenoxy) is 2. The van der Waals surface area contributed by atoms with Gasteiger partial charge in [0.2, 0.25) is 5.91 Å². The molecule has 4 aromatic rings. The Labute approximate surface area is 188 Å². The molecule has 2 aliphatic rings. The first-order valence-corrected chi connectivity index (χ1v) is 10.5. The molecule has 2 aromatic carbocycles. The number of rotatable bonds is 4. The van der Waals surface area contributed by atoms with Crippen molar-refractivity contribution in [3.63, 3.8) is 0 Å². The normalized spacial score (nSPS) is 17.2. The van der Waals surface area contributed by atoms with E-state index in [1.165, 1.54) is 12.1 Å². The molecule has 3 heterocycles. The molecular formula is C24H20F2N4O3. The number of aryl methyl sites for hydroxylation is 1. The molecule has 1 fully saturated rings. The van der Waals surface area contributed by atoms with Gasteiger partial charge in [0, 0.05) is 12.4 Å². The molecule has 0 atom stereocenters. The number of nitrogens with zero attached hydrogens (tertiary/aromatic N) is 2. The number of aromatic nitrogens is 3. The van der Waals surface area contributed by atoms with E-state index < -0.39 is 11.7 Å². The number of alkyl halides is 2. The van der Waals surface area contributed by atoms with E-state index in [2.05, 4.69) is 30.0 Å². The Balaban J connectivity index is 0.00000241. The monoisotopic (exact) mass is 450 g/mol. The van der Waals surface area contributed by atoms with Crippen LogP contribution in [0.3, 0.4) is 0 Å². The smallest absolute Gasteiger partial charge is 0.395 e. The Hall–Kier alpha value is -4.01. The number of hydrogen-bond acceptors (Lipinski definition) is 5. The molecule has 2 aromatic heterocycles. The van der Waals surface area contributed by atoms with Crippen molar-refractivity contribution in [3.8, 4) is 22.8 Å². The van der Waals surface area contributed by atoms with Crippen LogP contribution >= 0.6 is 0 Å².